The maximum Gasteiger partial charge on any atom is 0.192 e. The predicted molar refractivity (Wildman–Crippen MR) is 115 cm³/mol. The molecule has 0 aliphatic carbocycles. The highest BCUT2D eigenvalue weighted by molar-refractivity contribution is 7.98. The quantitative estimate of drug-likeness (QED) is 0.357. The lowest BCUT2D eigenvalue weighted by Crippen LogP contribution is -2.05. The third kappa shape index (κ3) is 3.77. The molecule has 0 aliphatic heterocycles. The van der Waals surface area contributed by atoms with Crippen molar-refractivity contribution in [2.75, 3.05) is 0 Å². The second-order valence-electron chi connectivity index (χ2n) is 6.96. The van der Waals surface area contributed by atoms with Crippen molar-refractivity contribution in [2.45, 2.75) is 44.6 Å². The summed E-state index contributed by atoms with van der Waals surface area (Å²) in [6.45, 7) is 8.33. The van der Waals surface area contributed by atoms with Gasteiger partial charge in [-0.2, -0.15) is 0 Å². The Labute approximate surface area is 172 Å². The molecule has 0 fully saturated rings. The lowest BCUT2D eigenvalue weighted by molar-refractivity contribution is 0.531. The van der Waals surface area contributed by atoms with Crippen LogP contribution in [0.5, 0.6) is 0 Å². The second kappa shape index (κ2) is 7.93. The Morgan fingerprint density at radius 1 is 1.11 bits per heavy atom. The molecule has 4 aromatic rings. The van der Waals surface area contributed by atoms with Gasteiger partial charge in [0.15, 0.2) is 11.0 Å². The molecule has 28 heavy (non-hydrogen) atoms. The number of hydrogen-bond acceptors (Lipinski definition) is 6. The number of aromatic nitrogens is 4. The minimum Gasteiger partial charge on any atom is -0.469 e. The smallest absolute Gasteiger partial charge is 0.192 e. The van der Waals surface area contributed by atoms with E-state index in [4.69, 9.17) is 9.40 Å². The van der Waals surface area contributed by atoms with E-state index in [0.717, 1.165) is 44.3 Å². The standard InChI is InChI=1S/C21H22N4OS2/c1-13(2)25-19(18-9-10-26-15(18)4)23-24-21(25)28-12-17-11-27-20(22-17)16-7-5-14(3)6-8-16/h5-11,13H,12H2,1-4H3. The topological polar surface area (TPSA) is 56.7 Å². The number of thiazole rings is 1. The van der Waals surface area contributed by atoms with Crippen molar-refractivity contribution in [1.82, 2.24) is 19.7 Å². The highest BCUT2D eigenvalue weighted by atomic mass is 32.2. The van der Waals surface area contributed by atoms with Gasteiger partial charge in [-0.05, 0) is 33.8 Å². The maximum atomic E-state index is 5.45. The van der Waals surface area contributed by atoms with Crippen LogP contribution in [0.1, 0.15) is 36.9 Å². The van der Waals surface area contributed by atoms with Crippen molar-refractivity contribution in [2.24, 2.45) is 0 Å². The van der Waals surface area contributed by atoms with Crippen LogP contribution in [0, 0.1) is 13.8 Å². The first-order chi connectivity index (χ1) is 13.5. The first-order valence-electron chi connectivity index (χ1n) is 9.16. The van der Waals surface area contributed by atoms with Crippen LogP contribution >= 0.6 is 23.1 Å². The molecule has 5 nitrogen and oxygen atoms in total. The minimum atomic E-state index is 0.250. The van der Waals surface area contributed by atoms with Gasteiger partial charge in [-0.1, -0.05) is 41.6 Å². The molecule has 1 aromatic carbocycles. The Kier molecular flexibility index (Phi) is 5.37. The molecule has 144 valence electrons. The van der Waals surface area contributed by atoms with Crippen LogP contribution in [-0.4, -0.2) is 19.7 Å². The first kappa shape index (κ1) is 19.0. The fourth-order valence-corrected chi connectivity index (χ4v) is 4.87. The van der Waals surface area contributed by atoms with Crippen LogP contribution in [0.3, 0.4) is 0 Å². The number of rotatable bonds is 6. The Morgan fingerprint density at radius 2 is 1.89 bits per heavy atom. The molecule has 0 N–H and O–H groups in total. The summed E-state index contributed by atoms with van der Waals surface area (Å²) in [6, 6.07) is 10.7. The van der Waals surface area contributed by atoms with E-state index in [2.05, 4.69) is 65.2 Å². The van der Waals surface area contributed by atoms with E-state index >= 15 is 0 Å². The van der Waals surface area contributed by atoms with Gasteiger partial charge in [0.05, 0.1) is 17.5 Å². The van der Waals surface area contributed by atoms with Crippen LogP contribution in [0.2, 0.25) is 0 Å². The van der Waals surface area contributed by atoms with Crippen molar-refractivity contribution in [3.8, 4) is 22.0 Å². The number of benzene rings is 1. The van der Waals surface area contributed by atoms with E-state index in [-0.39, 0.29) is 6.04 Å². The van der Waals surface area contributed by atoms with Crippen LogP contribution in [-0.2, 0) is 5.75 Å². The molecule has 3 aromatic heterocycles. The normalized spacial score (nSPS) is 11.5. The van der Waals surface area contributed by atoms with Crippen molar-refractivity contribution >= 4 is 23.1 Å². The average Bonchev–Trinajstić information content (AvgIpc) is 3.39. The van der Waals surface area contributed by atoms with Gasteiger partial charge in [0.1, 0.15) is 10.8 Å². The van der Waals surface area contributed by atoms with Gasteiger partial charge in [0, 0.05) is 22.7 Å². The van der Waals surface area contributed by atoms with Crippen molar-refractivity contribution < 1.29 is 4.42 Å². The molecule has 4 rings (SSSR count). The molecule has 0 unspecified atom stereocenters. The van der Waals surface area contributed by atoms with Crippen molar-refractivity contribution in [1.29, 1.82) is 0 Å². The van der Waals surface area contributed by atoms with Crippen LogP contribution in [0.15, 0.2) is 51.5 Å². The van der Waals surface area contributed by atoms with Crippen LogP contribution < -0.4 is 0 Å². The first-order valence-corrected chi connectivity index (χ1v) is 11.0. The molecule has 0 amide bonds. The maximum absolute atomic E-state index is 5.45. The molecular weight excluding hydrogens is 388 g/mol. The molecule has 0 aliphatic rings. The van der Waals surface area contributed by atoms with E-state index in [1.807, 2.05) is 13.0 Å². The Hall–Kier alpha value is -2.38. The number of hydrogen-bond donors (Lipinski definition) is 0. The lowest BCUT2D eigenvalue weighted by Gasteiger charge is -2.13. The zero-order valence-corrected chi connectivity index (χ0v) is 18.0. The zero-order chi connectivity index (χ0) is 19.7. The third-order valence-electron chi connectivity index (χ3n) is 4.48. The summed E-state index contributed by atoms with van der Waals surface area (Å²) in [5.74, 6) is 2.47. The minimum absolute atomic E-state index is 0.250. The van der Waals surface area contributed by atoms with Gasteiger partial charge >= 0.3 is 0 Å². The van der Waals surface area contributed by atoms with Crippen LogP contribution in [0.25, 0.3) is 22.0 Å². The van der Waals surface area contributed by atoms with E-state index in [9.17, 15) is 0 Å². The average molecular weight is 411 g/mol. The molecule has 0 bridgehead atoms. The number of nitrogens with zero attached hydrogens (tertiary/aromatic N) is 4. The van der Waals surface area contributed by atoms with E-state index in [0.29, 0.717) is 0 Å². The lowest BCUT2D eigenvalue weighted by atomic mass is 10.2. The Bertz CT molecular complexity index is 1080. The summed E-state index contributed by atoms with van der Waals surface area (Å²) in [5.41, 5.74) is 4.47. The van der Waals surface area contributed by atoms with Crippen LogP contribution in [0.4, 0.5) is 0 Å². The highest BCUT2D eigenvalue weighted by Gasteiger charge is 2.19. The van der Waals surface area contributed by atoms with Gasteiger partial charge in [0.25, 0.3) is 0 Å². The summed E-state index contributed by atoms with van der Waals surface area (Å²) >= 11 is 3.35. The largest absolute Gasteiger partial charge is 0.469 e. The van der Waals surface area contributed by atoms with E-state index in [1.54, 1.807) is 29.4 Å². The molecular formula is C21H22N4OS2. The number of aryl methyl sites for hydroxylation is 2. The molecule has 3 heterocycles. The fraction of sp³-hybridized carbons (Fsp3) is 0.286. The second-order valence-corrected chi connectivity index (χ2v) is 8.76. The monoisotopic (exact) mass is 410 g/mol. The van der Waals surface area contributed by atoms with E-state index in [1.165, 1.54) is 5.56 Å². The Balaban J connectivity index is 1.53. The van der Waals surface area contributed by atoms with Gasteiger partial charge in [-0.25, -0.2) is 4.98 Å². The summed E-state index contributed by atoms with van der Waals surface area (Å²) in [4.78, 5) is 4.80. The number of furan rings is 1. The molecule has 0 atom stereocenters. The van der Waals surface area contributed by atoms with Gasteiger partial charge in [-0.15, -0.1) is 21.5 Å². The van der Waals surface area contributed by atoms with Gasteiger partial charge in [0.2, 0.25) is 0 Å². The summed E-state index contributed by atoms with van der Waals surface area (Å²) in [5, 5.41) is 12.9. The number of thioether (sulfide) groups is 1. The molecule has 7 heteroatoms. The molecule has 0 spiro atoms. The van der Waals surface area contributed by atoms with Gasteiger partial charge in [-0.3, -0.25) is 4.57 Å². The van der Waals surface area contributed by atoms with Crippen molar-refractivity contribution in [3.63, 3.8) is 0 Å². The Morgan fingerprint density at radius 3 is 2.57 bits per heavy atom. The molecule has 0 saturated heterocycles. The van der Waals surface area contributed by atoms with Crippen molar-refractivity contribution in [3.05, 3.63) is 59.0 Å². The molecule has 0 saturated carbocycles. The third-order valence-corrected chi connectivity index (χ3v) is 6.40. The zero-order valence-electron chi connectivity index (χ0n) is 16.3. The summed E-state index contributed by atoms with van der Waals surface area (Å²) < 4.78 is 7.61. The summed E-state index contributed by atoms with van der Waals surface area (Å²) in [7, 11) is 0. The van der Waals surface area contributed by atoms with Gasteiger partial charge < -0.3 is 4.42 Å². The van der Waals surface area contributed by atoms with E-state index < -0.39 is 0 Å². The highest BCUT2D eigenvalue weighted by Crippen LogP contribution is 2.32. The predicted octanol–water partition coefficient (Wildman–Crippen LogP) is 6.15. The summed E-state index contributed by atoms with van der Waals surface area (Å²) in [6.07, 6.45) is 1.69. The SMILES string of the molecule is Cc1ccc(-c2nc(CSc3nnc(-c4ccoc4C)n3C(C)C)cs2)cc1. The fourth-order valence-electron chi connectivity index (χ4n) is 2.98. The molecule has 0 radical (unpaired) electrons.